The molecule has 12 heteroatoms. The van der Waals surface area contributed by atoms with Crippen LogP contribution in [0.4, 0.5) is 5.69 Å². The van der Waals surface area contributed by atoms with Crippen molar-refractivity contribution >= 4 is 46.9 Å². The van der Waals surface area contributed by atoms with Gasteiger partial charge in [0.25, 0.3) is 5.91 Å². The molecule has 242 valence electrons. The number of amides is 2. The van der Waals surface area contributed by atoms with Gasteiger partial charge in [-0.3, -0.25) is 9.59 Å². The Bertz CT molecular complexity index is 1860. The van der Waals surface area contributed by atoms with Crippen LogP contribution in [0.1, 0.15) is 40.2 Å². The third-order valence-electron chi connectivity index (χ3n) is 6.82. The molecule has 2 aromatic heterocycles. The molecule has 0 aliphatic rings. The SMILES string of the molecule is CCOc1cc(/C=N/NC(=O)c2ccc(COc3ccc(-n4c(C)ccc4C)cc3)o2)cc(Cl)c1OCC(=O)Nc1ccc(Cl)cc1. The van der Waals surface area contributed by atoms with Crippen LogP contribution in [-0.4, -0.2) is 35.8 Å². The van der Waals surface area contributed by atoms with Crippen LogP contribution in [0.2, 0.25) is 10.0 Å². The minimum atomic E-state index is -0.544. The molecule has 0 unspecified atom stereocenters. The number of benzene rings is 3. The Kier molecular flexibility index (Phi) is 10.9. The second kappa shape index (κ2) is 15.4. The van der Waals surface area contributed by atoms with E-state index < -0.39 is 5.91 Å². The minimum absolute atomic E-state index is 0.0725. The predicted octanol–water partition coefficient (Wildman–Crippen LogP) is 7.75. The number of aromatic nitrogens is 1. The number of anilines is 1. The Morgan fingerprint density at radius 1 is 0.894 bits per heavy atom. The number of carbonyl (C=O) groups is 2. The molecule has 0 bridgehead atoms. The van der Waals surface area contributed by atoms with Crippen molar-refractivity contribution in [2.24, 2.45) is 5.10 Å². The lowest BCUT2D eigenvalue weighted by Crippen LogP contribution is -2.20. The van der Waals surface area contributed by atoms with Gasteiger partial charge in [-0.05, 0) is 111 Å². The molecule has 5 aromatic rings. The zero-order valence-electron chi connectivity index (χ0n) is 25.9. The zero-order valence-corrected chi connectivity index (χ0v) is 27.4. The van der Waals surface area contributed by atoms with Gasteiger partial charge in [0.15, 0.2) is 23.9 Å². The Morgan fingerprint density at radius 3 is 2.32 bits per heavy atom. The maximum absolute atomic E-state index is 12.6. The van der Waals surface area contributed by atoms with E-state index in [0.29, 0.717) is 40.1 Å². The second-order valence-corrected chi connectivity index (χ2v) is 11.1. The summed E-state index contributed by atoms with van der Waals surface area (Å²) >= 11 is 12.3. The summed E-state index contributed by atoms with van der Waals surface area (Å²) in [5.41, 5.74) is 6.88. The van der Waals surface area contributed by atoms with Crippen molar-refractivity contribution in [2.75, 3.05) is 18.5 Å². The van der Waals surface area contributed by atoms with Crippen LogP contribution in [0.5, 0.6) is 17.2 Å². The van der Waals surface area contributed by atoms with Crippen molar-refractivity contribution in [2.45, 2.75) is 27.4 Å². The molecule has 10 nitrogen and oxygen atoms in total. The molecule has 2 amide bonds. The summed E-state index contributed by atoms with van der Waals surface area (Å²) in [6.07, 6.45) is 1.40. The minimum Gasteiger partial charge on any atom is -0.490 e. The number of hydrogen-bond acceptors (Lipinski definition) is 7. The van der Waals surface area contributed by atoms with Gasteiger partial charge in [-0.25, -0.2) is 5.43 Å². The quantitative estimate of drug-likeness (QED) is 0.0974. The molecule has 0 fully saturated rings. The standard InChI is InChI=1S/C35H32Cl2N4O6/c1-4-44-32-18-24(17-30(37)34(32)46-21-33(42)39-26-9-7-25(36)8-10-26)19-38-40-35(43)31-16-15-29(47-31)20-45-28-13-11-27(12-14-28)41-22(2)5-6-23(41)3/h5-19H,4,20-21H2,1-3H3,(H,39,42)(H,40,43)/b38-19+. The molecule has 2 N–H and O–H groups in total. The van der Waals surface area contributed by atoms with Gasteiger partial charge in [-0.15, -0.1) is 0 Å². The number of halogens is 2. The van der Waals surface area contributed by atoms with Crippen molar-refractivity contribution in [3.63, 3.8) is 0 Å². The number of nitrogens with one attached hydrogen (secondary N) is 2. The lowest BCUT2D eigenvalue weighted by molar-refractivity contribution is -0.118. The fourth-order valence-corrected chi connectivity index (χ4v) is 5.05. The molecule has 0 aliphatic carbocycles. The lowest BCUT2D eigenvalue weighted by Gasteiger charge is -2.14. The number of nitrogens with zero attached hydrogens (tertiary/aromatic N) is 2. The van der Waals surface area contributed by atoms with Crippen molar-refractivity contribution in [1.82, 2.24) is 9.99 Å². The van der Waals surface area contributed by atoms with Gasteiger partial charge >= 0.3 is 5.91 Å². The average molecular weight is 676 g/mol. The molecular weight excluding hydrogens is 643 g/mol. The van der Waals surface area contributed by atoms with Crippen LogP contribution in [0.15, 0.2) is 94.4 Å². The van der Waals surface area contributed by atoms with Crippen molar-refractivity contribution in [3.05, 3.63) is 123 Å². The van der Waals surface area contributed by atoms with Gasteiger partial charge in [0.2, 0.25) is 0 Å². The van der Waals surface area contributed by atoms with E-state index in [2.05, 4.69) is 46.4 Å². The van der Waals surface area contributed by atoms with Crippen molar-refractivity contribution in [3.8, 4) is 22.9 Å². The smallest absolute Gasteiger partial charge is 0.307 e. The van der Waals surface area contributed by atoms with E-state index in [4.69, 9.17) is 41.8 Å². The highest BCUT2D eigenvalue weighted by atomic mass is 35.5. The molecule has 0 saturated carbocycles. The Balaban J connectivity index is 1.13. The van der Waals surface area contributed by atoms with E-state index in [9.17, 15) is 9.59 Å². The number of aryl methyl sites for hydroxylation is 2. The maximum Gasteiger partial charge on any atom is 0.307 e. The van der Waals surface area contributed by atoms with Crippen LogP contribution < -0.4 is 25.0 Å². The highest BCUT2D eigenvalue weighted by molar-refractivity contribution is 6.32. The second-order valence-electron chi connectivity index (χ2n) is 10.3. The van der Waals surface area contributed by atoms with Crippen LogP contribution >= 0.6 is 23.2 Å². The van der Waals surface area contributed by atoms with E-state index in [1.807, 2.05) is 24.3 Å². The third kappa shape index (κ3) is 8.75. The van der Waals surface area contributed by atoms with Gasteiger partial charge in [0.1, 0.15) is 18.1 Å². The molecule has 47 heavy (non-hydrogen) atoms. The van der Waals surface area contributed by atoms with Gasteiger partial charge in [-0.2, -0.15) is 5.10 Å². The number of hydrazone groups is 1. The molecule has 0 aliphatic heterocycles. The fraction of sp³-hybridized carbons (Fsp3) is 0.171. The summed E-state index contributed by atoms with van der Waals surface area (Å²) in [5, 5.41) is 7.49. The summed E-state index contributed by atoms with van der Waals surface area (Å²) in [7, 11) is 0. The first-order valence-corrected chi connectivity index (χ1v) is 15.4. The molecular formula is C35H32Cl2N4O6. The van der Waals surface area contributed by atoms with Crippen LogP contribution in [0.25, 0.3) is 5.69 Å². The molecule has 0 radical (unpaired) electrons. The Morgan fingerprint density at radius 2 is 1.62 bits per heavy atom. The van der Waals surface area contributed by atoms with Gasteiger partial charge < -0.3 is 28.5 Å². The highest BCUT2D eigenvalue weighted by Crippen LogP contribution is 2.36. The van der Waals surface area contributed by atoms with Crippen LogP contribution in [-0.2, 0) is 11.4 Å². The van der Waals surface area contributed by atoms with Crippen molar-refractivity contribution in [1.29, 1.82) is 0 Å². The summed E-state index contributed by atoms with van der Waals surface area (Å²) in [6, 6.07) is 25.0. The molecule has 5 rings (SSSR count). The maximum atomic E-state index is 12.6. The number of carbonyl (C=O) groups excluding carboxylic acids is 2. The van der Waals surface area contributed by atoms with Gasteiger partial charge in [0, 0.05) is 27.8 Å². The topological polar surface area (TPSA) is 116 Å². The Labute approximate surface area is 281 Å². The van der Waals surface area contributed by atoms with Crippen LogP contribution in [0, 0.1) is 13.8 Å². The van der Waals surface area contributed by atoms with Crippen molar-refractivity contribution < 1.29 is 28.2 Å². The van der Waals surface area contributed by atoms with E-state index in [1.54, 1.807) is 55.5 Å². The predicted molar refractivity (Wildman–Crippen MR) is 182 cm³/mol. The summed E-state index contributed by atoms with van der Waals surface area (Å²) in [5.74, 6) is 0.803. The average Bonchev–Trinajstić information content (AvgIpc) is 3.67. The number of rotatable bonds is 13. The summed E-state index contributed by atoms with van der Waals surface area (Å²) in [6.45, 7) is 6.09. The summed E-state index contributed by atoms with van der Waals surface area (Å²) < 4.78 is 25.0. The largest absolute Gasteiger partial charge is 0.490 e. The third-order valence-corrected chi connectivity index (χ3v) is 7.35. The van der Waals surface area contributed by atoms with E-state index in [1.165, 1.54) is 6.21 Å². The first-order chi connectivity index (χ1) is 22.7. The lowest BCUT2D eigenvalue weighted by atomic mass is 10.2. The summed E-state index contributed by atoms with van der Waals surface area (Å²) in [4.78, 5) is 25.0. The van der Waals surface area contributed by atoms with Gasteiger partial charge in [-0.1, -0.05) is 23.2 Å². The number of hydrogen-bond donors (Lipinski definition) is 2. The van der Waals surface area contributed by atoms with E-state index in [0.717, 1.165) is 17.1 Å². The molecule has 3 aromatic carbocycles. The zero-order chi connectivity index (χ0) is 33.3. The number of furan rings is 1. The normalized spacial score (nSPS) is 11.0. The molecule has 0 spiro atoms. The Hall–Kier alpha value is -5.19. The molecule has 2 heterocycles. The fourth-order valence-electron chi connectivity index (χ4n) is 4.65. The monoisotopic (exact) mass is 674 g/mol. The molecule has 0 saturated heterocycles. The van der Waals surface area contributed by atoms with Crippen LogP contribution in [0.3, 0.4) is 0 Å². The highest BCUT2D eigenvalue weighted by Gasteiger charge is 2.15. The van der Waals surface area contributed by atoms with E-state index in [-0.39, 0.29) is 35.7 Å². The molecule has 0 atom stereocenters. The first kappa shape index (κ1) is 33.2. The first-order valence-electron chi connectivity index (χ1n) is 14.6. The van der Waals surface area contributed by atoms with Gasteiger partial charge in [0.05, 0.1) is 17.8 Å². The number of ether oxygens (including phenoxy) is 3. The van der Waals surface area contributed by atoms with E-state index >= 15 is 0 Å².